The van der Waals surface area contributed by atoms with Crippen LogP contribution in [0.4, 0.5) is 5.82 Å². The number of nitrogens with two attached hydrogens (primary N) is 1. The van der Waals surface area contributed by atoms with E-state index in [1.807, 2.05) is 62.4 Å². The topological polar surface area (TPSA) is 119 Å². The standard InChI is InChI=1S/C26H28N6O4/c1-17-3-7-20(8-4-17)34-16-23-22(35-21-9-5-18(2)6-10-21)13-25(36-23)32-15-19(29-30-32)14-31-12-11-24(27)28-26(31)33/h3-12,15,22-23,25H,13-14,16H2,1-2H3,(H2,27,28,33)/t22-,23+,25+/m0/s1. The fourth-order valence-corrected chi connectivity index (χ4v) is 4.00. The van der Waals surface area contributed by atoms with E-state index in [0.29, 0.717) is 18.7 Å². The van der Waals surface area contributed by atoms with Crippen molar-refractivity contribution in [3.05, 3.63) is 94.3 Å². The summed E-state index contributed by atoms with van der Waals surface area (Å²) < 4.78 is 21.7. The number of rotatable bonds is 8. The van der Waals surface area contributed by atoms with Crippen molar-refractivity contribution in [3.8, 4) is 11.5 Å². The molecule has 0 spiro atoms. The van der Waals surface area contributed by atoms with Crippen molar-refractivity contribution in [1.29, 1.82) is 0 Å². The molecule has 0 aliphatic carbocycles. The van der Waals surface area contributed by atoms with E-state index in [1.54, 1.807) is 23.1 Å². The average Bonchev–Trinajstić information content (AvgIpc) is 3.49. The maximum atomic E-state index is 12.1. The van der Waals surface area contributed by atoms with Gasteiger partial charge >= 0.3 is 5.69 Å². The van der Waals surface area contributed by atoms with Crippen LogP contribution >= 0.6 is 0 Å². The number of aryl methyl sites for hydroxylation is 2. The summed E-state index contributed by atoms with van der Waals surface area (Å²) in [4.78, 5) is 15.8. The summed E-state index contributed by atoms with van der Waals surface area (Å²) in [6.45, 7) is 4.62. The Balaban J connectivity index is 1.30. The van der Waals surface area contributed by atoms with Crippen LogP contribution in [0.15, 0.2) is 71.8 Å². The van der Waals surface area contributed by atoms with Crippen molar-refractivity contribution in [3.63, 3.8) is 0 Å². The average molecular weight is 489 g/mol. The molecular formula is C26H28N6O4. The number of nitrogens with zero attached hydrogens (tertiary/aromatic N) is 5. The molecule has 1 aliphatic heterocycles. The van der Waals surface area contributed by atoms with Crippen molar-refractivity contribution in [2.45, 2.75) is 45.2 Å². The molecule has 10 nitrogen and oxygen atoms in total. The first-order chi connectivity index (χ1) is 17.4. The Labute approximate surface area is 208 Å². The van der Waals surface area contributed by atoms with Crippen LogP contribution in [-0.2, 0) is 11.3 Å². The minimum atomic E-state index is -0.443. The molecule has 1 fully saturated rings. The zero-order chi connectivity index (χ0) is 25.1. The third-order valence-corrected chi connectivity index (χ3v) is 6.01. The van der Waals surface area contributed by atoms with Crippen LogP contribution in [0.25, 0.3) is 0 Å². The van der Waals surface area contributed by atoms with Gasteiger partial charge in [0.1, 0.15) is 41.8 Å². The van der Waals surface area contributed by atoms with Crippen molar-refractivity contribution < 1.29 is 14.2 Å². The van der Waals surface area contributed by atoms with Crippen molar-refractivity contribution in [2.75, 3.05) is 12.3 Å². The summed E-state index contributed by atoms with van der Waals surface area (Å²) in [6.07, 6.45) is 2.93. The van der Waals surface area contributed by atoms with Crippen LogP contribution in [-0.4, -0.2) is 43.4 Å². The summed E-state index contributed by atoms with van der Waals surface area (Å²) >= 11 is 0. The molecule has 2 aromatic heterocycles. The third-order valence-electron chi connectivity index (χ3n) is 6.01. The van der Waals surface area contributed by atoms with Gasteiger partial charge in [-0.1, -0.05) is 40.6 Å². The van der Waals surface area contributed by atoms with Gasteiger partial charge in [0.25, 0.3) is 0 Å². The number of ether oxygens (including phenoxy) is 3. The molecule has 3 atom stereocenters. The highest BCUT2D eigenvalue weighted by Crippen LogP contribution is 2.32. The molecule has 186 valence electrons. The van der Waals surface area contributed by atoms with Gasteiger partial charge in [0.15, 0.2) is 6.23 Å². The molecule has 0 radical (unpaired) electrons. The van der Waals surface area contributed by atoms with Crippen LogP contribution in [0, 0.1) is 13.8 Å². The van der Waals surface area contributed by atoms with E-state index < -0.39 is 11.9 Å². The Morgan fingerprint density at radius 2 is 1.72 bits per heavy atom. The van der Waals surface area contributed by atoms with Gasteiger partial charge in [-0.2, -0.15) is 4.98 Å². The molecular weight excluding hydrogens is 460 g/mol. The summed E-state index contributed by atoms with van der Waals surface area (Å²) in [7, 11) is 0. The molecule has 0 amide bonds. The Morgan fingerprint density at radius 3 is 2.42 bits per heavy atom. The van der Waals surface area contributed by atoms with Crippen molar-refractivity contribution in [2.24, 2.45) is 0 Å². The first kappa shape index (κ1) is 23.6. The van der Waals surface area contributed by atoms with E-state index in [-0.39, 0.29) is 24.6 Å². The minimum absolute atomic E-state index is 0.178. The predicted octanol–water partition coefficient (Wildman–Crippen LogP) is 2.90. The van der Waals surface area contributed by atoms with E-state index >= 15 is 0 Å². The van der Waals surface area contributed by atoms with Gasteiger partial charge < -0.3 is 19.9 Å². The van der Waals surface area contributed by atoms with E-state index in [0.717, 1.165) is 17.1 Å². The van der Waals surface area contributed by atoms with Crippen LogP contribution in [0.3, 0.4) is 0 Å². The van der Waals surface area contributed by atoms with Crippen molar-refractivity contribution >= 4 is 5.82 Å². The molecule has 5 rings (SSSR count). The lowest BCUT2D eigenvalue weighted by atomic mass is 10.1. The lowest BCUT2D eigenvalue weighted by molar-refractivity contribution is -0.0406. The number of anilines is 1. The van der Waals surface area contributed by atoms with E-state index in [1.165, 1.54) is 10.1 Å². The maximum absolute atomic E-state index is 12.1. The largest absolute Gasteiger partial charge is 0.491 e. The lowest BCUT2D eigenvalue weighted by Crippen LogP contribution is -2.32. The number of nitrogen functional groups attached to an aromatic ring is 1. The van der Waals surface area contributed by atoms with Crippen LogP contribution in [0.1, 0.15) is 29.5 Å². The monoisotopic (exact) mass is 488 g/mol. The first-order valence-electron chi connectivity index (χ1n) is 11.7. The zero-order valence-electron chi connectivity index (χ0n) is 20.2. The quantitative estimate of drug-likeness (QED) is 0.402. The molecule has 0 bridgehead atoms. The molecule has 0 saturated carbocycles. The molecule has 2 N–H and O–H groups in total. The van der Waals surface area contributed by atoms with Gasteiger partial charge in [-0.05, 0) is 44.2 Å². The maximum Gasteiger partial charge on any atom is 0.349 e. The minimum Gasteiger partial charge on any atom is -0.491 e. The van der Waals surface area contributed by atoms with Gasteiger partial charge in [0.2, 0.25) is 0 Å². The summed E-state index contributed by atoms with van der Waals surface area (Å²) in [5, 5.41) is 8.45. The van der Waals surface area contributed by atoms with E-state index in [4.69, 9.17) is 19.9 Å². The van der Waals surface area contributed by atoms with Gasteiger partial charge in [0.05, 0.1) is 12.7 Å². The molecule has 1 saturated heterocycles. The summed E-state index contributed by atoms with van der Waals surface area (Å²) in [5.41, 5.74) is 8.05. The van der Waals surface area contributed by atoms with E-state index in [2.05, 4.69) is 15.3 Å². The fourth-order valence-electron chi connectivity index (χ4n) is 4.00. The smallest absolute Gasteiger partial charge is 0.349 e. The molecule has 1 aliphatic rings. The van der Waals surface area contributed by atoms with Crippen LogP contribution in [0.5, 0.6) is 11.5 Å². The Morgan fingerprint density at radius 1 is 1.03 bits per heavy atom. The second-order valence-electron chi connectivity index (χ2n) is 8.91. The Kier molecular flexibility index (Phi) is 6.68. The molecule has 3 heterocycles. The highest BCUT2D eigenvalue weighted by atomic mass is 16.6. The Hall–Kier alpha value is -4.18. The van der Waals surface area contributed by atoms with Gasteiger partial charge in [-0.3, -0.25) is 4.57 Å². The molecule has 4 aromatic rings. The van der Waals surface area contributed by atoms with Gasteiger partial charge in [0, 0.05) is 12.6 Å². The zero-order valence-corrected chi connectivity index (χ0v) is 20.2. The van der Waals surface area contributed by atoms with E-state index in [9.17, 15) is 4.79 Å². The van der Waals surface area contributed by atoms with Gasteiger partial charge in [-0.15, -0.1) is 5.10 Å². The SMILES string of the molecule is Cc1ccc(OC[C@H]2O[C@@H](n3cc(Cn4ccc(N)nc4=O)nn3)C[C@@H]2Oc2ccc(C)cc2)cc1. The highest BCUT2D eigenvalue weighted by molar-refractivity contribution is 5.28. The Bertz CT molecular complexity index is 1370. The molecule has 0 unspecified atom stereocenters. The third kappa shape index (κ3) is 5.55. The highest BCUT2D eigenvalue weighted by Gasteiger charge is 2.39. The fraction of sp³-hybridized carbons (Fsp3) is 0.308. The molecule has 10 heteroatoms. The van der Waals surface area contributed by atoms with Crippen LogP contribution < -0.4 is 20.9 Å². The number of hydrogen-bond acceptors (Lipinski definition) is 8. The number of aromatic nitrogens is 5. The predicted molar refractivity (Wildman–Crippen MR) is 133 cm³/mol. The molecule has 36 heavy (non-hydrogen) atoms. The normalized spacial score (nSPS) is 19.3. The number of benzene rings is 2. The summed E-state index contributed by atoms with van der Waals surface area (Å²) in [6, 6.07) is 17.4. The van der Waals surface area contributed by atoms with Crippen LogP contribution in [0.2, 0.25) is 0 Å². The number of hydrogen-bond donors (Lipinski definition) is 1. The second kappa shape index (κ2) is 10.2. The first-order valence-corrected chi connectivity index (χ1v) is 11.7. The van der Waals surface area contributed by atoms with Gasteiger partial charge in [-0.25, -0.2) is 9.48 Å². The summed E-state index contributed by atoms with van der Waals surface area (Å²) in [5.74, 6) is 1.72. The lowest BCUT2D eigenvalue weighted by Gasteiger charge is -2.20. The second-order valence-corrected chi connectivity index (χ2v) is 8.91. The molecule has 2 aromatic carbocycles. The van der Waals surface area contributed by atoms with Crippen molar-refractivity contribution in [1.82, 2.24) is 24.5 Å².